The summed E-state index contributed by atoms with van der Waals surface area (Å²) in [7, 11) is 17.0. The summed E-state index contributed by atoms with van der Waals surface area (Å²) in [6.07, 6.45) is 28.9. The average molecular weight is 837 g/mol. The van der Waals surface area contributed by atoms with Gasteiger partial charge in [-0.1, -0.05) is 0 Å². The third-order valence-corrected chi connectivity index (χ3v) is 22.5. The first kappa shape index (κ1) is 38.9. The Bertz CT molecular complexity index is 1620. The Hall–Kier alpha value is -1.76. The van der Waals surface area contributed by atoms with Gasteiger partial charge in [0.15, 0.2) is 0 Å². The molecule has 0 saturated carbocycles. The third kappa shape index (κ3) is 6.90. The van der Waals surface area contributed by atoms with Crippen LogP contribution >= 0.6 is 17.8 Å². The van der Waals surface area contributed by atoms with Crippen LogP contribution in [0.1, 0.15) is 180 Å². The predicted octanol–water partition coefficient (Wildman–Crippen LogP) is 13.7. The number of hydrogen-bond acceptors (Lipinski definition) is 2. The second kappa shape index (κ2) is 16.7. The van der Waals surface area contributed by atoms with Gasteiger partial charge in [0.1, 0.15) is 0 Å². The maximum atomic E-state index is 8.52. The van der Waals surface area contributed by atoms with Crippen molar-refractivity contribution in [3.8, 4) is 0 Å². The summed E-state index contributed by atoms with van der Waals surface area (Å²) in [4.78, 5) is 11.4. The number of nitrogens with zero attached hydrogens (tertiary/aromatic N) is 4. The zero-order valence-corrected chi connectivity index (χ0v) is 36.8. The van der Waals surface area contributed by atoms with Gasteiger partial charge in [-0.25, -0.2) is 0 Å². The SMILES string of the molecule is CCCC/C1=C2\C=CC(=N2)C(CCCC)(CCCC)c2ccc3[n]2[Sn]([Cl])([Cl])[n]2c1ccc2C(CCCC)(CCCC)C1=N/C(=C\3CCCC)C=C1. The molecule has 276 valence electrons. The summed E-state index contributed by atoms with van der Waals surface area (Å²) in [6, 6.07) is 9.56. The average Bonchev–Trinajstić information content (AvgIpc) is 3.96. The Morgan fingerprint density at radius 3 is 1.20 bits per heavy atom. The molecule has 0 fully saturated rings. The van der Waals surface area contributed by atoms with Crippen LogP contribution in [0.4, 0.5) is 0 Å². The molecule has 2 aromatic heterocycles. The van der Waals surface area contributed by atoms with E-state index in [0.29, 0.717) is 0 Å². The monoisotopic (exact) mass is 836 g/mol. The summed E-state index contributed by atoms with van der Waals surface area (Å²) < 4.78 is 5.14. The molecule has 4 aliphatic rings. The first-order valence-corrected chi connectivity index (χ1v) is 30.4. The predicted molar refractivity (Wildman–Crippen MR) is 225 cm³/mol. The molecular weight excluding hydrogens is 774 g/mol. The second-order valence-corrected chi connectivity index (χ2v) is 29.4. The van der Waals surface area contributed by atoms with Crippen LogP contribution in [0.3, 0.4) is 0 Å². The van der Waals surface area contributed by atoms with E-state index in [4.69, 9.17) is 27.8 Å². The summed E-state index contributed by atoms with van der Waals surface area (Å²) >= 11 is -4.70. The Morgan fingerprint density at radius 2 is 0.863 bits per heavy atom. The van der Waals surface area contributed by atoms with Gasteiger partial charge in [-0.15, -0.1) is 0 Å². The number of aromatic nitrogens is 2. The number of allylic oxidation sites excluding steroid dienone is 6. The minimum absolute atomic E-state index is 0.277. The molecule has 2 aromatic rings. The molecule has 6 bridgehead atoms. The van der Waals surface area contributed by atoms with Crippen LogP contribution in [0.5, 0.6) is 0 Å². The summed E-state index contributed by atoms with van der Waals surface area (Å²) in [5, 5.41) is 0. The summed E-state index contributed by atoms with van der Waals surface area (Å²) in [6.45, 7) is 13.8. The van der Waals surface area contributed by atoms with Crippen LogP contribution in [0.25, 0.3) is 11.1 Å². The van der Waals surface area contributed by atoms with Crippen LogP contribution in [-0.4, -0.2) is 33.7 Å². The van der Waals surface area contributed by atoms with Gasteiger partial charge in [-0.3, -0.25) is 0 Å². The van der Waals surface area contributed by atoms with Crippen molar-refractivity contribution < 1.29 is 0 Å². The number of aliphatic imine (C=N–C) groups is 2. The fourth-order valence-electron chi connectivity index (χ4n) is 9.30. The van der Waals surface area contributed by atoms with Crippen molar-refractivity contribution in [3.63, 3.8) is 0 Å². The fraction of sp³-hybridized carbons (Fsp3) is 0.591. The van der Waals surface area contributed by atoms with Crippen molar-refractivity contribution >= 4 is 57.1 Å². The molecule has 0 aliphatic carbocycles. The standard InChI is InChI=1S/C44H62N4.2ClH.Sn/c1-7-13-19-33-35-21-25-39(45-35)43(29-15-9-3,30-16-10-4)41-27-23-37(47-41)34(20-14-8-2)38-24-28-42(48-38)44(31-17-11-5,32-18-12-6)40-26-22-36(33)46-40;;;/h21-28H,7-20,29-32H2,1-6H3;2*1H;/q-2;;;+4/p-2/b35-33-,38-34-;;;. The number of halogens is 2. The van der Waals surface area contributed by atoms with Gasteiger partial charge in [0.2, 0.25) is 0 Å². The van der Waals surface area contributed by atoms with E-state index >= 15 is 0 Å². The van der Waals surface area contributed by atoms with Gasteiger partial charge in [-0.2, -0.15) is 0 Å². The van der Waals surface area contributed by atoms with Crippen LogP contribution in [0, 0.1) is 0 Å². The molecule has 0 unspecified atom stereocenters. The first-order valence-electron chi connectivity index (χ1n) is 20.6. The molecule has 0 N–H and O–H groups in total. The van der Waals surface area contributed by atoms with Gasteiger partial charge >= 0.3 is 323 Å². The number of fused-ring (bicyclic) bond motifs is 2. The molecule has 0 aromatic carbocycles. The zero-order valence-electron chi connectivity index (χ0n) is 32.4. The molecule has 6 rings (SSSR count). The Kier molecular flexibility index (Phi) is 12.8. The molecule has 0 atom stereocenters. The van der Waals surface area contributed by atoms with Crippen molar-refractivity contribution in [3.05, 3.63) is 82.7 Å². The van der Waals surface area contributed by atoms with Crippen molar-refractivity contribution in [2.75, 3.05) is 0 Å². The van der Waals surface area contributed by atoms with E-state index in [1.165, 1.54) is 45.3 Å². The van der Waals surface area contributed by atoms with Crippen molar-refractivity contribution in [2.45, 2.75) is 168 Å². The van der Waals surface area contributed by atoms with Gasteiger partial charge in [0.05, 0.1) is 0 Å². The third-order valence-electron chi connectivity index (χ3n) is 12.2. The van der Waals surface area contributed by atoms with Gasteiger partial charge in [0.25, 0.3) is 0 Å². The van der Waals surface area contributed by atoms with Crippen LogP contribution in [0.2, 0.25) is 0 Å². The Labute approximate surface area is 321 Å². The molecule has 0 saturated heterocycles. The zero-order chi connectivity index (χ0) is 36.2. The molecule has 0 radical (unpaired) electrons. The van der Waals surface area contributed by atoms with Crippen molar-refractivity contribution in [1.29, 1.82) is 0 Å². The van der Waals surface area contributed by atoms with E-state index in [1.807, 2.05) is 0 Å². The number of rotatable bonds is 18. The van der Waals surface area contributed by atoms with E-state index in [-0.39, 0.29) is 10.8 Å². The summed E-state index contributed by atoms with van der Waals surface area (Å²) in [5.74, 6) is 0. The van der Waals surface area contributed by atoms with E-state index in [2.05, 4.69) is 95.7 Å². The van der Waals surface area contributed by atoms with Crippen molar-refractivity contribution in [1.82, 2.24) is 5.58 Å². The molecule has 7 heteroatoms. The first-order chi connectivity index (χ1) is 24.8. The molecule has 0 amide bonds. The molecular formula is C44H62Cl2N4Sn. The molecule has 4 aliphatic heterocycles. The van der Waals surface area contributed by atoms with Gasteiger partial charge in [-0.05, 0) is 0 Å². The number of unbranched alkanes of at least 4 members (excludes halogenated alkanes) is 6. The van der Waals surface area contributed by atoms with Crippen LogP contribution in [-0.2, 0) is 10.8 Å². The van der Waals surface area contributed by atoms with E-state index in [0.717, 1.165) is 127 Å². The molecule has 51 heavy (non-hydrogen) atoms. The summed E-state index contributed by atoms with van der Waals surface area (Å²) in [5.41, 5.74) is 11.6. The van der Waals surface area contributed by atoms with Gasteiger partial charge < -0.3 is 0 Å². The minimum atomic E-state index is -4.70. The molecule has 4 nitrogen and oxygen atoms in total. The topological polar surface area (TPSA) is 34.6 Å². The fourth-order valence-corrected chi connectivity index (χ4v) is 20.9. The second-order valence-electron chi connectivity index (χ2n) is 15.6. The van der Waals surface area contributed by atoms with E-state index < -0.39 is 16.7 Å². The molecule has 0 spiro atoms. The molecule has 6 heterocycles. The van der Waals surface area contributed by atoms with Gasteiger partial charge in [0, 0.05) is 0 Å². The Balaban J connectivity index is 1.82. The Morgan fingerprint density at radius 1 is 0.510 bits per heavy atom. The quantitative estimate of drug-likeness (QED) is 0.134. The van der Waals surface area contributed by atoms with Crippen molar-refractivity contribution in [2.24, 2.45) is 9.98 Å². The van der Waals surface area contributed by atoms with Crippen LogP contribution < -0.4 is 0 Å². The van der Waals surface area contributed by atoms with Crippen LogP contribution in [0.15, 0.2) is 69.9 Å². The van der Waals surface area contributed by atoms with E-state index in [1.54, 1.807) is 0 Å². The maximum absolute atomic E-state index is 8.52. The van der Waals surface area contributed by atoms with E-state index in [9.17, 15) is 0 Å². The number of hydrogen-bond donors (Lipinski definition) is 0. The normalized spacial score (nSPS) is 22.0.